The van der Waals surface area contributed by atoms with Crippen molar-refractivity contribution in [3.63, 3.8) is 0 Å². The molecule has 0 aliphatic heterocycles. The van der Waals surface area contributed by atoms with Crippen LogP contribution in [-0.2, 0) is 0 Å². The van der Waals surface area contributed by atoms with Crippen LogP contribution in [0.1, 0.15) is 16.7 Å². The summed E-state index contributed by atoms with van der Waals surface area (Å²) in [7, 11) is 0. The monoisotopic (exact) mass is 272 g/mol. The third-order valence-electron chi connectivity index (χ3n) is 2.39. The lowest BCUT2D eigenvalue weighted by Crippen LogP contribution is -1.74. The molecule has 1 heteroatoms. The molecule has 0 heterocycles. The van der Waals surface area contributed by atoms with Crippen molar-refractivity contribution in [2.24, 2.45) is 0 Å². The highest BCUT2D eigenvalue weighted by Gasteiger charge is 1.89. The fourth-order valence-electron chi connectivity index (χ4n) is 1.48. The molecule has 0 aliphatic rings. The predicted octanol–water partition coefficient (Wildman–Crippen LogP) is 4.93. The highest BCUT2D eigenvalue weighted by Crippen LogP contribution is 2.14. The van der Waals surface area contributed by atoms with Gasteiger partial charge in [0.25, 0.3) is 0 Å². The summed E-state index contributed by atoms with van der Waals surface area (Å²) >= 11 is 3.46. The zero-order chi connectivity index (χ0) is 11.4. The fraction of sp³-hybridized carbons (Fsp3) is 0.0667. The van der Waals surface area contributed by atoms with Gasteiger partial charge in [-0.3, -0.25) is 0 Å². The second-order valence-corrected chi connectivity index (χ2v) is 4.71. The molecule has 2 rings (SSSR count). The Bertz CT molecular complexity index is 495. The summed E-state index contributed by atoms with van der Waals surface area (Å²) in [6, 6.07) is 16.8. The van der Waals surface area contributed by atoms with E-state index in [1.165, 1.54) is 16.7 Å². The Kier molecular flexibility index (Phi) is 3.58. The summed E-state index contributed by atoms with van der Waals surface area (Å²) in [5.41, 5.74) is 3.72. The van der Waals surface area contributed by atoms with Gasteiger partial charge in [0.2, 0.25) is 0 Å². The third-order valence-corrected chi connectivity index (χ3v) is 2.89. The van der Waals surface area contributed by atoms with E-state index < -0.39 is 0 Å². The Morgan fingerprint density at radius 3 is 2.25 bits per heavy atom. The summed E-state index contributed by atoms with van der Waals surface area (Å²) in [5.74, 6) is 0. The summed E-state index contributed by atoms with van der Waals surface area (Å²) in [6.45, 7) is 2.10. The fourth-order valence-corrected chi connectivity index (χ4v) is 1.90. The van der Waals surface area contributed by atoms with Crippen LogP contribution in [0.25, 0.3) is 12.2 Å². The normalized spacial score (nSPS) is 10.9. The van der Waals surface area contributed by atoms with Crippen LogP contribution in [0.2, 0.25) is 0 Å². The van der Waals surface area contributed by atoms with Crippen LogP contribution in [-0.4, -0.2) is 0 Å². The van der Waals surface area contributed by atoms with Gasteiger partial charge in [-0.25, -0.2) is 0 Å². The van der Waals surface area contributed by atoms with Gasteiger partial charge >= 0.3 is 0 Å². The molecule has 0 bridgehead atoms. The lowest BCUT2D eigenvalue weighted by Gasteiger charge is -1.96. The molecule has 2 aromatic rings. The maximum Gasteiger partial charge on any atom is 0.0181 e. The second kappa shape index (κ2) is 5.13. The Hall–Kier alpha value is -1.34. The van der Waals surface area contributed by atoms with Crippen molar-refractivity contribution < 1.29 is 0 Å². The van der Waals surface area contributed by atoms with Crippen LogP contribution in [0.15, 0.2) is 53.0 Å². The van der Waals surface area contributed by atoms with Crippen LogP contribution in [0, 0.1) is 6.92 Å². The van der Waals surface area contributed by atoms with Gasteiger partial charge in [-0.05, 0) is 30.2 Å². The van der Waals surface area contributed by atoms with Gasteiger partial charge in [0.1, 0.15) is 0 Å². The minimum Gasteiger partial charge on any atom is -0.0606 e. The predicted molar refractivity (Wildman–Crippen MR) is 74.2 cm³/mol. The molecule has 0 aromatic heterocycles. The van der Waals surface area contributed by atoms with Gasteiger partial charge in [-0.15, -0.1) is 0 Å². The van der Waals surface area contributed by atoms with E-state index in [1.807, 2.05) is 12.1 Å². The third kappa shape index (κ3) is 3.07. The number of aryl methyl sites for hydroxylation is 1. The van der Waals surface area contributed by atoms with Crippen molar-refractivity contribution in [2.45, 2.75) is 6.92 Å². The first-order valence-electron chi connectivity index (χ1n) is 5.24. The van der Waals surface area contributed by atoms with Gasteiger partial charge in [-0.2, -0.15) is 0 Å². The van der Waals surface area contributed by atoms with Crippen molar-refractivity contribution >= 4 is 28.1 Å². The minimum absolute atomic E-state index is 1.11. The zero-order valence-electron chi connectivity index (χ0n) is 9.15. The maximum atomic E-state index is 3.46. The van der Waals surface area contributed by atoms with Crippen LogP contribution >= 0.6 is 15.9 Å². The first kappa shape index (κ1) is 11.2. The molecule has 0 nitrogen and oxygen atoms in total. The van der Waals surface area contributed by atoms with Crippen molar-refractivity contribution in [1.29, 1.82) is 0 Å². The van der Waals surface area contributed by atoms with Crippen molar-refractivity contribution in [3.05, 3.63) is 69.7 Å². The average molecular weight is 273 g/mol. The van der Waals surface area contributed by atoms with Crippen LogP contribution in [0.4, 0.5) is 0 Å². The quantitative estimate of drug-likeness (QED) is 0.681. The molecule has 0 radical (unpaired) electrons. The number of hydrogen-bond donors (Lipinski definition) is 0. The van der Waals surface area contributed by atoms with Gasteiger partial charge in [-0.1, -0.05) is 70.0 Å². The number of hydrogen-bond acceptors (Lipinski definition) is 0. The van der Waals surface area contributed by atoms with E-state index in [1.54, 1.807) is 0 Å². The first-order valence-corrected chi connectivity index (χ1v) is 6.04. The Morgan fingerprint density at radius 2 is 1.56 bits per heavy atom. The van der Waals surface area contributed by atoms with E-state index in [4.69, 9.17) is 0 Å². The largest absolute Gasteiger partial charge is 0.0606 e. The molecular formula is C15H13Br. The number of halogens is 1. The van der Waals surface area contributed by atoms with Gasteiger partial charge in [0, 0.05) is 4.47 Å². The smallest absolute Gasteiger partial charge is 0.0181 e. The molecule has 0 fully saturated rings. The SMILES string of the molecule is Cc1ccc(/C=C/c2cccc(Br)c2)cc1. The molecule has 2 aromatic carbocycles. The highest BCUT2D eigenvalue weighted by atomic mass is 79.9. The van der Waals surface area contributed by atoms with E-state index in [0.717, 1.165) is 4.47 Å². The summed E-state index contributed by atoms with van der Waals surface area (Å²) < 4.78 is 1.11. The Labute approximate surface area is 105 Å². The molecule has 0 N–H and O–H groups in total. The van der Waals surface area contributed by atoms with E-state index in [9.17, 15) is 0 Å². The summed E-state index contributed by atoms with van der Waals surface area (Å²) in [4.78, 5) is 0. The molecule has 0 unspecified atom stereocenters. The average Bonchev–Trinajstić information content (AvgIpc) is 2.28. The topological polar surface area (TPSA) is 0 Å². The highest BCUT2D eigenvalue weighted by molar-refractivity contribution is 9.10. The molecule has 16 heavy (non-hydrogen) atoms. The lowest BCUT2D eigenvalue weighted by molar-refractivity contribution is 1.46. The molecular weight excluding hydrogens is 260 g/mol. The lowest BCUT2D eigenvalue weighted by atomic mass is 10.1. The van der Waals surface area contributed by atoms with Gasteiger partial charge in [0.05, 0.1) is 0 Å². The van der Waals surface area contributed by atoms with Crippen LogP contribution in [0.5, 0.6) is 0 Å². The van der Waals surface area contributed by atoms with Gasteiger partial charge in [0.15, 0.2) is 0 Å². The van der Waals surface area contributed by atoms with Crippen molar-refractivity contribution in [3.8, 4) is 0 Å². The van der Waals surface area contributed by atoms with Gasteiger partial charge < -0.3 is 0 Å². The van der Waals surface area contributed by atoms with E-state index in [-0.39, 0.29) is 0 Å². The molecule has 0 saturated carbocycles. The molecule has 0 atom stereocenters. The standard InChI is InChI=1S/C15H13Br/c1-12-5-7-13(8-6-12)9-10-14-3-2-4-15(16)11-14/h2-11H,1H3/b10-9+. The summed E-state index contributed by atoms with van der Waals surface area (Å²) in [6.07, 6.45) is 4.25. The first-order chi connectivity index (χ1) is 7.74. The van der Waals surface area contributed by atoms with Crippen molar-refractivity contribution in [1.82, 2.24) is 0 Å². The number of benzene rings is 2. The molecule has 0 saturated heterocycles. The molecule has 0 spiro atoms. The van der Waals surface area contributed by atoms with E-state index >= 15 is 0 Å². The van der Waals surface area contributed by atoms with E-state index in [2.05, 4.69) is 71.4 Å². The molecule has 80 valence electrons. The molecule has 0 amide bonds. The van der Waals surface area contributed by atoms with Crippen molar-refractivity contribution in [2.75, 3.05) is 0 Å². The maximum absolute atomic E-state index is 3.46. The Balaban J connectivity index is 2.18. The molecule has 0 aliphatic carbocycles. The zero-order valence-corrected chi connectivity index (χ0v) is 10.7. The summed E-state index contributed by atoms with van der Waals surface area (Å²) in [5, 5.41) is 0. The second-order valence-electron chi connectivity index (χ2n) is 3.80. The number of rotatable bonds is 2. The Morgan fingerprint density at radius 1 is 0.875 bits per heavy atom. The van der Waals surface area contributed by atoms with Crippen LogP contribution in [0.3, 0.4) is 0 Å². The minimum atomic E-state index is 1.11. The van der Waals surface area contributed by atoms with Crippen LogP contribution < -0.4 is 0 Å². The van der Waals surface area contributed by atoms with E-state index in [0.29, 0.717) is 0 Å².